The van der Waals surface area contributed by atoms with Crippen molar-refractivity contribution in [3.05, 3.63) is 35.6 Å². The molecule has 5 heteroatoms. The summed E-state index contributed by atoms with van der Waals surface area (Å²) in [5.41, 5.74) is 0.859. The molecule has 0 spiro atoms. The van der Waals surface area contributed by atoms with Gasteiger partial charge in [0.2, 0.25) is 5.91 Å². The first-order valence-corrected chi connectivity index (χ1v) is 9.17. The van der Waals surface area contributed by atoms with Crippen LogP contribution in [0.1, 0.15) is 56.9 Å². The molecule has 1 aromatic carbocycles. The van der Waals surface area contributed by atoms with Crippen LogP contribution >= 0.6 is 0 Å². The SMILES string of the molecule is COC(=O)CCN(Cc1ccc(F)cc1)C(=O)CCC1CCCCC1. The maximum atomic E-state index is 13.1. The van der Waals surface area contributed by atoms with Crippen LogP contribution in [0.15, 0.2) is 24.3 Å². The van der Waals surface area contributed by atoms with E-state index in [2.05, 4.69) is 4.74 Å². The summed E-state index contributed by atoms with van der Waals surface area (Å²) in [5, 5.41) is 0. The molecule has 1 saturated carbocycles. The minimum atomic E-state index is -0.329. The maximum absolute atomic E-state index is 13.1. The molecule has 0 aliphatic heterocycles. The molecule has 2 rings (SSSR count). The Labute approximate surface area is 149 Å². The molecule has 0 N–H and O–H groups in total. The summed E-state index contributed by atoms with van der Waals surface area (Å²) < 4.78 is 17.7. The molecule has 25 heavy (non-hydrogen) atoms. The molecule has 0 bridgehead atoms. The van der Waals surface area contributed by atoms with E-state index in [1.54, 1.807) is 17.0 Å². The van der Waals surface area contributed by atoms with Gasteiger partial charge in [0.1, 0.15) is 5.82 Å². The van der Waals surface area contributed by atoms with Crippen LogP contribution in [0.3, 0.4) is 0 Å². The van der Waals surface area contributed by atoms with Crippen molar-refractivity contribution in [3.63, 3.8) is 0 Å². The number of hydrogen-bond donors (Lipinski definition) is 0. The van der Waals surface area contributed by atoms with Gasteiger partial charge in [-0.05, 0) is 30.0 Å². The molecule has 0 atom stereocenters. The zero-order valence-electron chi connectivity index (χ0n) is 15.0. The summed E-state index contributed by atoms with van der Waals surface area (Å²) in [7, 11) is 1.34. The fraction of sp³-hybridized carbons (Fsp3) is 0.600. The van der Waals surface area contributed by atoms with E-state index < -0.39 is 0 Å². The molecular formula is C20H28FNO3. The lowest BCUT2D eigenvalue weighted by Crippen LogP contribution is -2.33. The molecule has 0 aromatic heterocycles. The normalized spacial score (nSPS) is 15.0. The molecule has 138 valence electrons. The fourth-order valence-electron chi connectivity index (χ4n) is 3.39. The first-order valence-electron chi connectivity index (χ1n) is 9.17. The smallest absolute Gasteiger partial charge is 0.307 e. The number of rotatable bonds is 8. The summed E-state index contributed by atoms with van der Waals surface area (Å²) in [6, 6.07) is 6.13. The van der Waals surface area contributed by atoms with E-state index >= 15 is 0 Å². The van der Waals surface area contributed by atoms with E-state index in [0.29, 0.717) is 25.4 Å². The minimum absolute atomic E-state index is 0.0544. The van der Waals surface area contributed by atoms with E-state index in [4.69, 9.17) is 0 Å². The Bertz CT molecular complexity index is 553. The van der Waals surface area contributed by atoms with Gasteiger partial charge < -0.3 is 9.64 Å². The number of amides is 1. The molecule has 1 aliphatic rings. The Morgan fingerprint density at radius 2 is 1.80 bits per heavy atom. The topological polar surface area (TPSA) is 46.6 Å². The Morgan fingerprint density at radius 1 is 1.12 bits per heavy atom. The summed E-state index contributed by atoms with van der Waals surface area (Å²) in [4.78, 5) is 25.8. The number of carbonyl (C=O) groups is 2. The van der Waals surface area contributed by atoms with Crippen LogP contribution in [0.2, 0.25) is 0 Å². The number of nitrogens with zero attached hydrogens (tertiary/aromatic N) is 1. The first kappa shape index (κ1) is 19.4. The molecule has 0 unspecified atom stereocenters. The molecule has 0 radical (unpaired) electrons. The molecule has 4 nitrogen and oxygen atoms in total. The Hall–Kier alpha value is -1.91. The highest BCUT2D eigenvalue weighted by Crippen LogP contribution is 2.27. The molecule has 0 saturated heterocycles. The third-order valence-corrected chi connectivity index (χ3v) is 4.94. The van der Waals surface area contributed by atoms with Crippen LogP contribution < -0.4 is 0 Å². The van der Waals surface area contributed by atoms with Crippen LogP contribution in [0.4, 0.5) is 4.39 Å². The summed E-state index contributed by atoms with van der Waals surface area (Å²) in [6.07, 6.45) is 7.86. The van der Waals surface area contributed by atoms with Gasteiger partial charge in [-0.2, -0.15) is 0 Å². The van der Waals surface area contributed by atoms with Crippen molar-refractivity contribution in [1.29, 1.82) is 0 Å². The fourth-order valence-corrected chi connectivity index (χ4v) is 3.39. The van der Waals surface area contributed by atoms with Crippen LogP contribution in [0, 0.1) is 11.7 Å². The van der Waals surface area contributed by atoms with E-state index in [0.717, 1.165) is 12.0 Å². The van der Waals surface area contributed by atoms with Gasteiger partial charge in [-0.25, -0.2) is 4.39 Å². The van der Waals surface area contributed by atoms with Crippen molar-refractivity contribution in [3.8, 4) is 0 Å². The number of carbonyl (C=O) groups excluding carboxylic acids is 2. The minimum Gasteiger partial charge on any atom is -0.469 e. The van der Waals surface area contributed by atoms with Gasteiger partial charge in [0.25, 0.3) is 0 Å². The van der Waals surface area contributed by atoms with Crippen molar-refractivity contribution >= 4 is 11.9 Å². The second-order valence-electron chi connectivity index (χ2n) is 6.81. The van der Waals surface area contributed by atoms with Gasteiger partial charge in [-0.3, -0.25) is 9.59 Å². The standard InChI is InChI=1S/C20H28FNO3/c1-25-20(24)13-14-22(15-17-7-10-18(21)11-8-17)19(23)12-9-16-5-3-2-4-6-16/h7-8,10-11,16H,2-6,9,12-15H2,1H3. The van der Waals surface area contributed by atoms with Crippen molar-refractivity contribution in [2.75, 3.05) is 13.7 Å². The van der Waals surface area contributed by atoms with Crippen LogP contribution in [0.25, 0.3) is 0 Å². The highest BCUT2D eigenvalue weighted by Gasteiger charge is 2.19. The van der Waals surface area contributed by atoms with Crippen molar-refractivity contribution < 1.29 is 18.7 Å². The second-order valence-corrected chi connectivity index (χ2v) is 6.81. The lowest BCUT2D eigenvalue weighted by Gasteiger charge is -2.25. The summed E-state index contributed by atoms with van der Waals surface area (Å²) in [5.74, 6) is 0.0717. The van der Waals surface area contributed by atoms with Gasteiger partial charge in [0, 0.05) is 19.5 Å². The quantitative estimate of drug-likeness (QED) is 0.665. The molecular weight excluding hydrogens is 321 g/mol. The molecule has 1 aromatic rings. The van der Waals surface area contributed by atoms with E-state index in [-0.39, 0.29) is 24.1 Å². The van der Waals surface area contributed by atoms with Crippen LogP contribution in [-0.4, -0.2) is 30.4 Å². The molecule has 1 aliphatic carbocycles. The molecule has 0 heterocycles. The number of methoxy groups -OCH3 is 1. The van der Waals surface area contributed by atoms with Crippen molar-refractivity contribution in [2.24, 2.45) is 5.92 Å². The van der Waals surface area contributed by atoms with Crippen LogP contribution in [0.5, 0.6) is 0 Å². The van der Waals surface area contributed by atoms with Crippen molar-refractivity contribution in [2.45, 2.75) is 57.9 Å². The van der Waals surface area contributed by atoms with Gasteiger partial charge in [-0.15, -0.1) is 0 Å². The maximum Gasteiger partial charge on any atom is 0.307 e. The summed E-state index contributed by atoms with van der Waals surface area (Å²) >= 11 is 0. The Kier molecular flexibility index (Phi) is 7.89. The number of ether oxygens (including phenoxy) is 1. The molecule has 1 fully saturated rings. The van der Waals surface area contributed by atoms with Gasteiger partial charge in [0.05, 0.1) is 13.5 Å². The summed E-state index contributed by atoms with van der Waals surface area (Å²) in [6.45, 7) is 0.717. The van der Waals surface area contributed by atoms with Gasteiger partial charge in [0.15, 0.2) is 0 Å². The number of halogens is 1. The second kappa shape index (κ2) is 10.2. The third-order valence-electron chi connectivity index (χ3n) is 4.94. The number of benzene rings is 1. The Morgan fingerprint density at radius 3 is 2.44 bits per heavy atom. The lowest BCUT2D eigenvalue weighted by atomic mass is 9.86. The molecule has 1 amide bonds. The number of hydrogen-bond acceptors (Lipinski definition) is 3. The monoisotopic (exact) mass is 349 g/mol. The van der Waals surface area contributed by atoms with E-state index in [1.165, 1.54) is 51.3 Å². The predicted octanol–water partition coefficient (Wildman–Crippen LogP) is 4.08. The van der Waals surface area contributed by atoms with Crippen molar-refractivity contribution in [1.82, 2.24) is 4.90 Å². The van der Waals surface area contributed by atoms with E-state index in [1.807, 2.05) is 0 Å². The highest BCUT2D eigenvalue weighted by molar-refractivity contribution is 5.77. The van der Waals surface area contributed by atoms with E-state index in [9.17, 15) is 14.0 Å². The predicted molar refractivity (Wildman–Crippen MR) is 94.3 cm³/mol. The Balaban J connectivity index is 1.92. The van der Waals surface area contributed by atoms with Crippen LogP contribution in [-0.2, 0) is 20.9 Å². The lowest BCUT2D eigenvalue weighted by molar-refractivity contribution is -0.142. The highest BCUT2D eigenvalue weighted by atomic mass is 19.1. The van der Waals surface area contributed by atoms with Gasteiger partial charge >= 0.3 is 5.97 Å². The average molecular weight is 349 g/mol. The van der Waals surface area contributed by atoms with Gasteiger partial charge in [-0.1, -0.05) is 44.2 Å². The third kappa shape index (κ3) is 6.85. The first-order chi connectivity index (χ1) is 12.1. The number of esters is 1. The average Bonchev–Trinajstić information content (AvgIpc) is 2.65. The zero-order chi connectivity index (χ0) is 18.1. The largest absolute Gasteiger partial charge is 0.469 e. The zero-order valence-corrected chi connectivity index (χ0v) is 15.0.